The number of anilines is 2. The zero-order chi connectivity index (χ0) is 14.0. The highest BCUT2D eigenvalue weighted by atomic mass is 19.4. The normalized spacial score (nSPS) is 11.5. The van der Waals surface area contributed by atoms with Crippen LogP contribution in [0.5, 0.6) is 0 Å². The van der Waals surface area contributed by atoms with Crippen LogP contribution in [-0.4, -0.2) is 9.97 Å². The van der Waals surface area contributed by atoms with Crippen LogP contribution in [0, 0.1) is 0 Å². The SMILES string of the molecule is Nc1nc(Cc2ccccc2)c(N)c(C(F)(F)F)n1. The first-order valence-corrected chi connectivity index (χ1v) is 5.41. The highest BCUT2D eigenvalue weighted by molar-refractivity contribution is 5.52. The summed E-state index contributed by atoms with van der Waals surface area (Å²) in [5.74, 6) is -0.438. The average Bonchev–Trinajstić information content (AvgIpc) is 2.33. The third-order valence-corrected chi connectivity index (χ3v) is 2.52. The van der Waals surface area contributed by atoms with E-state index in [2.05, 4.69) is 9.97 Å². The van der Waals surface area contributed by atoms with Crippen LogP contribution < -0.4 is 11.5 Å². The van der Waals surface area contributed by atoms with Crippen LogP contribution in [-0.2, 0) is 12.6 Å². The standard InChI is InChI=1S/C12H11F3N4/c13-12(14,15)10-9(16)8(18-11(17)19-10)6-7-4-2-1-3-5-7/h1-5H,6,16H2,(H2,17,18,19). The van der Waals surface area contributed by atoms with Crippen LogP contribution >= 0.6 is 0 Å². The number of nitrogens with two attached hydrogens (primary N) is 2. The van der Waals surface area contributed by atoms with Crippen molar-refractivity contribution in [3.63, 3.8) is 0 Å². The fraction of sp³-hybridized carbons (Fsp3) is 0.167. The van der Waals surface area contributed by atoms with E-state index in [0.29, 0.717) is 0 Å². The molecule has 1 aromatic heterocycles. The lowest BCUT2D eigenvalue weighted by Crippen LogP contribution is -2.17. The highest BCUT2D eigenvalue weighted by Crippen LogP contribution is 2.33. The van der Waals surface area contributed by atoms with E-state index >= 15 is 0 Å². The summed E-state index contributed by atoms with van der Waals surface area (Å²) in [4.78, 5) is 6.95. The molecule has 0 radical (unpaired) electrons. The second-order valence-electron chi connectivity index (χ2n) is 3.95. The van der Waals surface area contributed by atoms with Gasteiger partial charge in [-0.3, -0.25) is 0 Å². The first-order chi connectivity index (χ1) is 8.88. The van der Waals surface area contributed by atoms with Gasteiger partial charge in [0.1, 0.15) is 0 Å². The van der Waals surface area contributed by atoms with Crippen LogP contribution in [0.4, 0.5) is 24.8 Å². The summed E-state index contributed by atoms with van der Waals surface area (Å²) >= 11 is 0. The summed E-state index contributed by atoms with van der Waals surface area (Å²) in [5.41, 5.74) is 9.98. The Morgan fingerprint density at radius 3 is 2.21 bits per heavy atom. The van der Waals surface area contributed by atoms with Gasteiger partial charge in [-0.05, 0) is 5.56 Å². The molecule has 0 saturated heterocycles. The third-order valence-electron chi connectivity index (χ3n) is 2.52. The molecule has 7 heteroatoms. The largest absolute Gasteiger partial charge is 0.435 e. The molecule has 1 aromatic carbocycles. The second-order valence-corrected chi connectivity index (χ2v) is 3.95. The Balaban J connectivity index is 2.44. The summed E-state index contributed by atoms with van der Waals surface area (Å²) in [7, 11) is 0. The van der Waals surface area contributed by atoms with Crippen LogP contribution in [0.25, 0.3) is 0 Å². The van der Waals surface area contributed by atoms with Crippen molar-refractivity contribution in [2.75, 3.05) is 11.5 Å². The summed E-state index contributed by atoms with van der Waals surface area (Å²) in [6, 6.07) is 8.90. The minimum Gasteiger partial charge on any atom is -0.395 e. The number of nitrogen functional groups attached to an aromatic ring is 2. The topological polar surface area (TPSA) is 77.8 Å². The summed E-state index contributed by atoms with van der Waals surface area (Å²) < 4.78 is 38.2. The summed E-state index contributed by atoms with van der Waals surface area (Å²) in [6.07, 6.45) is -4.48. The van der Waals surface area contributed by atoms with Crippen LogP contribution in [0.3, 0.4) is 0 Å². The smallest absolute Gasteiger partial charge is 0.395 e. The van der Waals surface area contributed by atoms with Crippen molar-refractivity contribution in [1.82, 2.24) is 9.97 Å². The van der Waals surface area contributed by atoms with Crippen molar-refractivity contribution in [2.45, 2.75) is 12.6 Å². The molecule has 0 saturated carbocycles. The van der Waals surface area contributed by atoms with Gasteiger partial charge < -0.3 is 11.5 Å². The maximum absolute atomic E-state index is 12.7. The Morgan fingerprint density at radius 2 is 1.63 bits per heavy atom. The lowest BCUT2D eigenvalue weighted by atomic mass is 10.1. The minimum atomic E-state index is -4.65. The van der Waals surface area contributed by atoms with E-state index in [1.807, 2.05) is 6.07 Å². The van der Waals surface area contributed by atoms with E-state index in [1.165, 1.54) is 0 Å². The Morgan fingerprint density at radius 1 is 1.00 bits per heavy atom. The molecular formula is C12H11F3N4. The molecule has 0 bridgehead atoms. The maximum Gasteiger partial charge on any atom is 0.435 e. The lowest BCUT2D eigenvalue weighted by molar-refractivity contribution is -0.140. The Bertz CT molecular complexity index is 582. The van der Waals surface area contributed by atoms with Gasteiger partial charge >= 0.3 is 6.18 Å². The van der Waals surface area contributed by atoms with Gasteiger partial charge in [0, 0.05) is 6.42 Å². The number of halogens is 3. The molecule has 0 aliphatic heterocycles. The Kier molecular flexibility index (Phi) is 3.28. The second kappa shape index (κ2) is 4.75. The number of aromatic nitrogens is 2. The fourth-order valence-corrected chi connectivity index (χ4v) is 1.67. The molecule has 2 rings (SSSR count). The van der Waals surface area contributed by atoms with Crippen LogP contribution in [0.2, 0.25) is 0 Å². The molecule has 100 valence electrons. The van der Waals surface area contributed by atoms with Gasteiger partial charge in [0.05, 0.1) is 11.4 Å². The van der Waals surface area contributed by atoms with Gasteiger partial charge in [0.2, 0.25) is 5.95 Å². The van der Waals surface area contributed by atoms with Crippen molar-refractivity contribution < 1.29 is 13.2 Å². The van der Waals surface area contributed by atoms with Gasteiger partial charge in [-0.1, -0.05) is 30.3 Å². The third kappa shape index (κ3) is 2.93. The number of hydrogen-bond donors (Lipinski definition) is 2. The molecule has 4 N–H and O–H groups in total. The number of alkyl halides is 3. The maximum atomic E-state index is 12.7. The quantitative estimate of drug-likeness (QED) is 0.875. The van der Waals surface area contributed by atoms with E-state index in [9.17, 15) is 13.2 Å². The predicted molar refractivity (Wildman–Crippen MR) is 65.1 cm³/mol. The number of rotatable bonds is 2. The predicted octanol–water partition coefficient (Wildman–Crippen LogP) is 2.25. The van der Waals surface area contributed by atoms with E-state index in [-0.39, 0.29) is 12.1 Å². The number of hydrogen-bond acceptors (Lipinski definition) is 4. The first kappa shape index (κ1) is 13.1. The van der Waals surface area contributed by atoms with Gasteiger partial charge in [0.15, 0.2) is 5.69 Å². The van der Waals surface area contributed by atoms with E-state index in [1.54, 1.807) is 24.3 Å². The monoisotopic (exact) mass is 268 g/mol. The molecule has 0 aliphatic carbocycles. The van der Waals surface area contributed by atoms with Crippen molar-refractivity contribution in [3.8, 4) is 0 Å². The van der Waals surface area contributed by atoms with E-state index in [0.717, 1.165) is 5.56 Å². The fourth-order valence-electron chi connectivity index (χ4n) is 1.67. The van der Waals surface area contributed by atoms with Crippen molar-refractivity contribution in [1.29, 1.82) is 0 Å². The lowest BCUT2D eigenvalue weighted by Gasteiger charge is -2.12. The molecule has 2 aromatic rings. The van der Waals surface area contributed by atoms with Gasteiger partial charge in [-0.2, -0.15) is 13.2 Å². The molecule has 0 fully saturated rings. The van der Waals surface area contributed by atoms with Gasteiger partial charge in [-0.15, -0.1) is 0 Å². The zero-order valence-corrected chi connectivity index (χ0v) is 9.78. The van der Waals surface area contributed by atoms with Crippen LogP contribution in [0.1, 0.15) is 17.0 Å². The molecule has 0 aliphatic rings. The highest BCUT2D eigenvalue weighted by Gasteiger charge is 2.36. The molecule has 0 unspecified atom stereocenters. The van der Waals surface area contributed by atoms with Crippen LogP contribution in [0.15, 0.2) is 30.3 Å². The first-order valence-electron chi connectivity index (χ1n) is 5.41. The van der Waals surface area contributed by atoms with E-state index in [4.69, 9.17) is 11.5 Å². The molecule has 0 spiro atoms. The summed E-state index contributed by atoms with van der Waals surface area (Å²) in [5, 5.41) is 0. The summed E-state index contributed by atoms with van der Waals surface area (Å²) in [6.45, 7) is 0. The zero-order valence-electron chi connectivity index (χ0n) is 9.78. The van der Waals surface area contributed by atoms with Crippen molar-refractivity contribution in [2.24, 2.45) is 0 Å². The molecular weight excluding hydrogens is 257 g/mol. The number of benzene rings is 1. The Hall–Kier alpha value is -2.31. The molecule has 4 nitrogen and oxygen atoms in total. The molecule has 0 atom stereocenters. The Labute approximate surface area is 107 Å². The molecule has 19 heavy (non-hydrogen) atoms. The van der Waals surface area contributed by atoms with E-state index < -0.39 is 23.5 Å². The minimum absolute atomic E-state index is 0.0750. The van der Waals surface area contributed by atoms with Crippen molar-refractivity contribution >= 4 is 11.6 Å². The molecule has 0 amide bonds. The van der Waals surface area contributed by atoms with Crippen molar-refractivity contribution in [3.05, 3.63) is 47.3 Å². The van der Waals surface area contributed by atoms with Gasteiger partial charge in [0.25, 0.3) is 0 Å². The number of nitrogens with zero attached hydrogens (tertiary/aromatic N) is 2. The molecule has 1 heterocycles. The van der Waals surface area contributed by atoms with Gasteiger partial charge in [-0.25, -0.2) is 9.97 Å². The average molecular weight is 268 g/mol.